The number of aryl methyl sites for hydroxylation is 1. The van der Waals surface area contributed by atoms with Crippen molar-refractivity contribution in [1.82, 2.24) is 0 Å². The highest BCUT2D eigenvalue weighted by atomic mass is 79.9. The predicted molar refractivity (Wildman–Crippen MR) is 75.1 cm³/mol. The molecule has 19 heavy (non-hydrogen) atoms. The molecule has 0 unspecified atom stereocenters. The first-order valence-electron chi connectivity index (χ1n) is 5.34. The summed E-state index contributed by atoms with van der Waals surface area (Å²) in [6.45, 7) is 1.81. The van der Waals surface area contributed by atoms with Gasteiger partial charge in [0, 0.05) is 6.07 Å². The van der Waals surface area contributed by atoms with Gasteiger partial charge in [0.05, 0.1) is 21.1 Å². The minimum atomic E-state index is -0.551. The first-order valence-corrected chi connectivity index (χ1v) is 6.51. The molecule has 0 saturated heterocycles. The zero-order chi connectivity index (χ0) is 14.0. The summed E-state index contributed by atoms with van der Waals surface area (Å²) in [6.07, 6.45) is 0. The van der Waals surface area contributed by atoms with Crippen LogP contribution in [-0.2, 0) is 0 Å². The normalized spacial score (nSPS) is 10.1. The average molecular weight is 341 g/mol. The number of ether oxygens (including phenoxy) is 1. The molecular weight excluding hydrogens is 333 g/mol. The van der Waals surface area contributed by atoms with Crippen LogP contribution in [0.2, 0.25) is 5.02 Å². The molecule has 2 rings (SSSR count). The summed E-state index contributed by atoms with van der Waals surface area (Å²) in [5.74, 6) is 0.301. The SMILES string of the molecule is Cc1cc(Oc2cc(F)c(Cl)cc2Br)ccc1C#N. The van der Waals surface area contributed by atoms with Crippen LogP contribution < -0.4 is 4.74 Å². The first-order chi connectivity index (χ1) is 9.01. The molecule has 2 nitrogen and oxygen atoms in total. The fraction of sp³-hybridized carbons (Fsp3) is 0.0714. The number of benzene rings is 2. The van der Waals surface area contributed by atoms with Gasteiger partial charge in [0.2, 0.25) is 0 Å². The van der Waals surface area contributed by atoms with Crippen molar-refractivity contribution >= 4 is 27.5 Å². The van der Waals surface area contributed by atoms with Crippen molar-refractivity contribution in [2.45, 2.75) is 6.92 Å². The lowest BCUT2D eigenvalue weighted by Crippen LogP contribution is -1.90. The Morgan fingerprint density at radius 2 is 2.05 bits per heavy atom. The third-order valence-electron chi connectivity index (χ3n) is 2.52. The highest BCUT2D eigenvalue weighted by molar-refractivity contribution is 9.10. The van der Waals surface area contributed by atoms with Crippen LogP contribution in [0, 0.1) is 24.1 Å². The van der Waals surface area contributed by atoms with Crippen molar-refractivity contribution in [2.75, 3.05) is 0 Å². The molecule has 0 aliphatic rings. The molecule has 0 aliphatic carbocycles. The molecule has 96 valence electrons. The predicted octanol–water partition coefficient (Wildman–Crippen LogP) is 5.21. The molecule has 0 aliphatic heterocycles. The molecule has 0 saturated carbocycles. The van der Waals surface area contributed by atoms with E-state index < -0.39 is 5.82 Å². The van der Waals surface area contributed by atoms with E-state index in [1.54, 1.807) is 18.2 Å². The summed E-state index contributed by atoms with van der Waals surface area (Å²) < 4.78 is 19.5. The lowest BCUT2D eigenvalue weighted by molar-refractivity contribution is 0.473. The van der Waals surface area contributed by atoms with Gasteiger partial charge in [-0.05, 0) is 52.7 Å². The topological polar surface area (TPSA) is 33.0 Å². The van der Waals surface area contributed by atoms with Gasteiger partial charge in [-0.1, -0.05) is 11.6 Å². The smallest absolute Gasteiger partial charge is 0.145 e. The zero-order valence-electron chi connectivity index (χ0n) is 9.88. The minimum absolute atomic E-state index is 0.0234. The number of rotatable bonds is 2. The van der Waals surface area contributed by atoms with E-state index in [-0.39, 0.29) is 5.02 Å². The summed E-state index contributed by atoms with van der Waals surface area (Å²) in [7, 11) is 0. The van der Waals surface area contributed by atoms with Crippen molar-refractivity contribution in [3.8, 4) is 17.6 Å². The van der Waals surface area contributed by atoms with E-state index in [4.69, 9.17) is 21.6 Å². The first kappa shape index (κ1) is 13.9. The quantitative estimate of drug-likeness (QED) is 0.703. The molecule has 0 N–H and O–H groups in total. The van der Waals surface area contributed by atoms with E-state index in [0.717, 1.165) is 5.56 Å². The van der Waals surface area contributed by atoms with Gasteiger partial charge in [-0.2, -0.15) is 5.26 Å². The molecule has 0 radical (unpaired) electrons. The minimum Gasteiger partial charge on any atom is -0.456 e. The van der Waals surface area contributed by atoms with Crippen LogP contribution in [0.3, 0.4) is 0 Å². The Morgan fingerprint density at radius 3 is 2.68 bits per heavy atom. The van der Waals surface area contributed by atoms with E-state index in [2.05, 4.69) is 22.0 Å². The molecule has 0 fully saturated rings. The molecule has 0 atom stereocenters. The molecule has 0 spiro atoms. The summed E-state index contributed by atoms with van der Waals surface area (Å²) in [4.78, 5) is 0. The Balaban J connectivity index is 2.34. The van der Waals surface area contributed by atoms with Crippen molar-refractivity contribution in [3.05, 3.63) is 56.8 Å². The number of halogens is 3. The van der Waals surface area contributed by atoms with E-state index in [9.17, 15) is 4.39 Å². The second-order valence-corrected chi connectivity index (χ2v) is 5.15. The van der Waals surface area contributed by atoms with Crippen LogP contribution in [0.4, 0.5) is 4.39 Å². The van der Waals surface area contributed by atoms with Gasteiger partial charge in [-0.25, -0.2) is 4.39 Å². The van der Waals surface area contributed by atoms with Crippen LogP contribution >= 0.6 is 27.5 Å². The van der Waals surface area contributed by atoms with Gasteiger partial charge < -0.3 is 4.74 Å². The van der Waals surface area contributed by atoms with Gasteiger partial charge in [-0.3, -0.25) is 0 Å². The van der Waals surface area contributed by atoms with Gasteiger partial charge in [0.25, 0.3) is 0 Å². The average Bonchev–Trinajstić information content (AvgIpc) is 2.36. The van der Waals surface area contributed by atoms with E-state index in [1.165, 1.54) is 12.1 Å². The zero-order valence-corrected chi connectivity index (χ0v) is 12.2. The second-order valence-electron chi connectivity index (χ2n) is 3.89. The lowest BCUT2D eigenvalue weighted by atomic mass is 10.1. The molecule has 0 heterocycles. The van der Waals surface area contributed by atoms with Crippen molar-refractivity contribution < 1.29 is 9.13 Å². The molecule has 2 aromatic rings. The van der Waals surface area contributed by atoms with Gasteiger partial charge in [-0.15, -0.1) is 0 Å². The Bertz CT molecular complexity index is 682. The third kappa shape index (κ3) is 3.06. The van der Waals surface area contributed by atoms with Crippen LogP contribution in [-0.4, -0.2) is 0 Å². The maximum atomic E-state index is 13.4. The number of hydrogen-bond donors (Lipinski definition) is 0. The third-order valence-corrected chi connectivity index (χ3v) is 3.43. The van der Waals surface area contributed by atoms with Gasteiger partial charge in [0.1, 0.15) is 17.3 Å². The number of nitriles is 1. The van der Waals surface area contributed by atoms with Gasteiger partial charge >= 0.3 is 0 Å². The largest absolute Gasteiger partial charge is 0.456 e. The van der Waals surface area contributed by atoms with Gasteiger partial charge in [0.15, 0.2) is 0 Å². The Morgan fingerprint density at radius 1 is 1.32 bits per heavy atom. The highest BCUT2D eigenvalue weighted by Gasteiger charge is 2.09. The Kier molecular flexibility index (Phi) is 4.08. The summed E-state index contributed by atoms with van der Waals surface area (Å²) in [5.41, 5.74) is 1.37. The second kappa shape index (κ2) is 5.60. The maximum Gasteiger partial charge on any atom is 0.145 e. The summed E-state index contributed by atoms with van der Waals surface area (Å²) in [6, 6.07) is 9.75. The Hall–Kier alpha value is -1.57. The number of nitrogens with zero attached hydrogens (tertiary/aromatic N) is 1. The highest BCUT2D eigenvalue weighted by Crippen LogP contribution is 2.34. The van der Waals surface area contributed by atoms with Crippen LogP contribution in [0.1, 0.15) is 11.1 Å². The van der Waals surface area contributed by atoms with Crippen molar-refractivity contribution in [1.29, 1.82) is 5.26 Å². The summed E-state index contributed by atoms with van der Waals surface area (Å²) in [5, 5.41) is 8.87. The van der Waals surface area contributed by atoms with Crippen LogP contribution in [0.15, 0.2) is 34.8 Å². The van der Waals surface area contributed by atoms with E-state index in [0.29, 0.717) is 21.5 Å². The molecular formula is C14H8BrClFNO. The van der Waals surface area contributed by atoms with Crippen molar-refractivity contribution in [2.24, 2.45) is 0 Å². The van der Waals surface area contributed by atoms with Crippen LogP contribution in [0.5, 0.6) is 11.5 Å². The standard InChI is InChI=1S/C14H8BrClFNO/c1-8-4-10(3-2-9(8)7-18)19-14-6-13(17)12(16)5-11(14)15/h2-6H,1H3. The fourth-order valence-corrected chi connectivity index (χ4v) is 2.25. The maximum absolute atomic E-state index is 13.4. The summed E-state index contributed by atoms with van der Waals surface area (Å²) >= 11 is 8.91. The molecule has 2 aromatic carbocycles. The molecule has 0 bridgehead atoms. The lowest BCUT2D eigenvalue weighted by Gasteiger charge is -2.09. The van der Waals surface area contributed by atoms with Crippen LogP contribution in [0.25, 0.3) is 0 Å². The fourth-order valence-electron chi connectivity index (χ4n) is 1.53. The number of hydrogen-bond acceptors (Lipinski definition) is 2. The molecule has 0 aromatic heterocycles. The van der Waals surface area contributed by atoms with E-state index in [1.807, 2.05) is 6.92 Å². The molecule has 5 heteroatoms. The van der Waals surface area contributed by atoms with Crippen molar-refractivity contribution in [3.63, 3.8) is 0 Å². The molecule has 0 amide bonds. The Labute approximate surface area is 123 Å². The van der Waals surface area contributed by atoms with E-state index >= 15 is 0 Å². The monoisotopic (exact) mass is 339 g/mol.